The number of hydrogen-bond donors (Lipinski definition) is 1. The van der Waals surface area contributed by atoms with Gasteiger partial charge in [-0.25, -0.2) is 4.39 Å². The molecule has 0 saturated carbocycles. The molecule has 1 N–H and O–H groups in total. The molecular formula is C20H20FN3O2. The number of carbonyl (C=O) groups is 1. The van der Waals surface area contributed by atoms with E-state index in [9.17, 15) is 9.18 Å². The molecule has 0 spiro atoms. The number of nitrogens with one attached hydrogen (secondary N) is 1. The van der Waals surface area contributed by atoms with Crippen LogP contribution in [0, 0.1) is 5.82 Å². The summed E-state index contributed by atoms with van der Waals surface area (Å²) in [6.45, 7) is 3.79. The minimum Gasteiger partial charge on any atom is -0.437 e. The van der Waals surface area contributed by atoms with Crippen molar-refractivity contribution in [3.8, 4) is 11.3 Å². The fourth-order valence-corrected chi connectivity index (χ4v) is 2.90. The van der Waals surface area contributed by atoms with Crippen molar-refractivity contribution in [1.29, 1.82) is 0 Å². The van der Waals surface area contributed by atoms with Gasteiger partial charge < -0.3 is 14.6 Å². The molecule has 5 nitrogen and oxygen atoms in total. The van der Waals surface area contributed by atoms with Gasteiger partial charge in [0.05, 0.1) is 10.9 Å². The quantitative estimate of drug-likeness (QED) is 0.709. The summed E-state index contributed by atoms with van der Waals surface area (Å²) in [4.78, 5) is 19.0. The Morgan fingerprint density at radius 1 is 1.35 bits per heavy atom. The first kappa shape index (κ1) is 17.7. The van der Waals surface area contributed by atoms with E-state index in [1.165, 1.54) is 12.1 Å². The van der Waals surface area contributed by atoms with E-state index < -0.39 is 0 Å². The number of aromatic nitrogens is 1. The van der Waals surface area contributed by atoms with Crippen molar-refractivity contribution in [3.63, 3.8) is 0 Å². The Morgan fingerprint density at radius 2 is 2.04 bits per heavy atom. The van der Waals surface area contributed by atoms with Crippen LogP contribution in [0.15, 0.2) is 47.4 Å². The van der Waals surface area contributed by atoms with Crippen molar-refractivity contribution in [2.24, 2.45) is 0 Å². The number of halogens is 1. The first-order valence-electron chi connectivity index (χ1n) is 8.19. The lowest BCUT2D eigenvalue weighted by molar-refractivity contribution is 0.0964. The molecule has 0 atom stereocenters. The van der Waals surface area contributed by atoms with Crippen LogP contribution in [0.5, 0.6) is 0 Å². The van der Waals surface area contributed by atoms with Crippen molar-refractivity contribution in [2.75, 3.05) is 26.0 Å². The lowest BCUT2D eigenvalue weighted by Crippen LogP contribution is -2.18. The maximum absolute atomic E-state index is 13.3. The van der Waals surface area contributed by atoms with Crippen LogP contribution in [0.4, 0.5) is 10.2 Å². The fraction of sp³-hybridized carbons (Fsp3) is 0.200. The Balaban J connectivity index is 2.32. The molecule has 3 aromatic rings. The molecule has 6 heteroatoms. The van der Waals surface area contributed by atoms with Gasteiger partial charge in [-0.2, -0.15) is 4.98 Å². The van der Waals surface area contributed by atoms with Crippen LogP contribution in [-0.2, 0) is 6.42 Å². The lowest BCUT2D eigenvalue weighted by Gasteiger charge is -2.15. The zero-order valence-corrected chi connectivity index (χ0v) is 15.0. The smallest absolute Gasteiger partial charge is 0.255 e. The Hall–Kier alpha value is -3.15. The van der Waals surface area contributed by atoms with Crippen LogP contribution < -0.4 is 10.2 Å². The molecule has 0 unspecified atom stereocenters. The molecule has 0 aliphatic rings. The van der Waals surface area contributed by atoms with E-state index in [1.807, 2.05) is 25.1 Å². The normalized spacial score (nSPS) is 10.8. The van der Waals surface area contributed by atoms with Crippen LogP contribution in [-0.4, -0.2) is 32.0 Å². The van der Waals surface area contributed by atoms with Gasteiger partial charge in [-0.1, -0.05) is 6.08 Å². The van der Waals surface area contributed by atoms with E-state index in [4.69, 9.17) is 4.42 Å². The van der Waals surface area contributed by atoms with Crippen molar-refractivity contribution < 1.29 is 13.6 Å². The summed E-state index contributed by atoms with van der Waals surface area (Å²) < 4.78 is 19.2. The van der Waals surface area contributed by atoms with Gasteiger partial charge in [-0.3, -0.25) is 4.79 Å². The molecule has 2 aromatic heterocycles. The van der Waals surface area contributed by atoms with Crippen LogP contribution in [0.1, 0.15) is 15.9 Å². The first-order chi connectivity index (χ1) is 12.5. The highest BCUT2D eigenvalue weighted by molar-refractivity contribution is 6.10. The molecular weight excluding hydrogens is 333 g/mol. The van der Waals surface area contributed by atoms with E-state index in [0.717, 1.165) is 11.4 Å². The lowest BCUT2D eigenvalue weighted by atomic mass is 10.0. The average molecular weight is 353 g/mol. The van der Waals surface area contributed by atoms with E-state index >= 15 is 0 Å². The Bertz CT molecular complexity index is 975. The molecule has 1 amide bonds. The second-order valence-corrected chi connectivity index (χ2v) is 6.10. The van der Waals surface area contributed by atoms with Crippen molar-refractivity contribution in [2.45, 2.75) is 6.42 Å². The Morgan fingerprint density at radius 3 is 2.62 bits per heavy atom. The Kier molecular flexibility index (Phi) is 4.75. The number of hydrogen-bond acceptors (Lipinski definition) is 4. The van der Waals surface area contributed by atoms with E-state index in [-0.39, 0.29) is 11.7 Å². The number of fused-ring (bicyclic) bond motifs is 1. The highest BCUT2D eigenvalue weighted by Crippen LogP contribution is 2.35. The summed E-state index contributed by atoms with van der Waals surface area (Å²) in [6.07, 6.45) is 2.40. The minimum absolute atomic E-state index is 0.285. The van der Waals surface area contributed by atoms with Crippen LogP contribution in [0.3, 0.4) is 0 Å². The summed E-state index contributed by atoms with van der Waals surface area (Å²) in [6, 6.07) is 7.73. The average Bonchev–Trinajstić information content (AvgIpc) is 2.99. The second-order valence-electron chi connectivity index (χ2n) is 6.10. The van der Waals surface area contributed by atoms with E-state index in [2.05, 4.69) is 16.9 Å². The topological polar surface area (TPSA) is 58.4 Å². The molecule has 0 bridgehead atoms. The summed E-state index contributed by atoms with van der Waals surface area (Å²) in [5, 5.41) is 3.26. The predicted octanol–water partition coefficient (Wildman–Crippen LogP) is 3.79. The van der Waals surface area contributed by atoms with Gasteiger partial charge in [0.1, 0.15) is 17.4 Å². The van der Waals surface area contributed by atoms with Crippen molar-refractivity contribution >= 4 is 22.8 Å². The fourth-order valence-electron chi connectivity index (χ4n) is 2.90. The number of pyridine rings is 1. The molecule has 0 radical (unpaired) electrons. The third-order valence-electron chi connectivity index (χ3n) is 4.09. The van der Waals surface area contributed by atoms with Crippen molar-refractivity contribution in [1.82, 2.24) is 10.3 Å². The van der Waals surface area contributed by atoms with Gasteiger partial charge in [0, 0.05) is 26.7 Å². The molecule has 0 saturated heterocycles. The first-order valence-corrected chi connectivity index (χ1v) is 8.19. The number of amides is 1. The summed E-state index contributed by atoms with van der Waals surface area (Å²) in [5.41, 5.74) is 2.30. The van der Waals surface area contributed by atoms with Gasteiger partial charge >= 0.3 is 0 Å². The SMILES string of the molecule is C=CCc1cc2c(C(=O)NC)c(-c3ccc(F)cc3)oc2nc1N(C)C. The zero-order chi connectivity index (χ0) is 18.8. The van der Waals surface area contributed by atoms with Gasteiger partial charge in [-0.05, 0) is 42.3 Å². The predicted molar refractivity (Wildman–Crippen MR) is 101 cm³/mol. The second kappa shape index (κ2) is 7.00. The minimum atomic E-state index is -0.354. The molecule has 134 valence electrons. The molecule has 26 heavy (non-hydrogen) atoms. The maximum Gasteiger partial charge on any atom is 0.255 e. The number of rotatable bonds is 5. The maximum atomic E-state index is 13.3. The van der Waals surface area contributed by atoms with Gasteiger partial charge in [0.2, 0.25) is 5.71 Å². The number of allylic oxidation sites excluding steroid dienone is 1. The highest BCUT2D eigenvalue weighted by Gasteiger charge is 2.24. The van der Waals surface area contributed by atoms with Gasteiger partial charge in [0.25, 0.3) is 5.91 Å². The molecule has 1 aromatic carbocycles. The summed E-state index contributed by atoms with van der Waals surface area (Å²) in [7, 11) is 5.34. The summed E-state index contributed by atoms with van der Waals surface area (Å²) >= 11 is 0. The van der Waals surface area contributed by atoms with E-state index in [0.29, 0.717) is 34.4 Å². The molecule has 3 rings (SSSR count). The summed E-state index contributed by atoms with van der Waals surface area (Å²) in [5.74, 6) is 0.479. The number of benzene rings is 1. The van der Waals surface area contributed by atoms with Gasteiger partial charge in [0.15, 0.2) is 0 Å². The van der Waals surface area contributed by atoms with Crippen LogP contribution >= 0.6 is 0 Å². The highest BCUT2D eigenvalue weighted by atomic mass is 19.1. The number of anilines is 1. The third kappa shape index (κ3) is 3.06. The molecule has 2 heterocycles. The standard InChI is InChI=1S/C20H20FN3O2/c1-5-6-13-11-15-16(19(25)22-2)17(12-7-9-14(21)10-8-12)26-20(15)23-18(13)24(3)4/h5,7-11H,1,6H2,2-4H3,(H,22,25). The van der Waals surface area contributed by atoms with Crippen LogP contribution in [0.25, 0.3) is 22.4 Å². The molecule has 0 fully saturated rings. The third-order valence-corrected chi connectivity index (χ3v) is 4.09. The van der Waals surface area contributed by atoms with Crippen molar-refractivity contribution in [3.05, 3.63) is 59.9 Å². The monoisotopic (exact) mass is 353 g/mol. The largest absolute Gasteiger partial charge is 0.437 e. The molecule has 0 aliphatic heterocycles. The molecule has 0 aliphatic carbocycles. The number of carbonyl (C=O) groups excluding carboxylic acids is 1. The number of nitrogens with zero attached hydrogens (tertiary/aromatic N) is 2. The van der Waals surface area contributed by atoms with Crippen LogP contribution in [0.2, 0.25) is 0 Å². The zero-order valence-electron chi connectivity index (χ0n) is 15.0. The Labute approximate surface area is 151 Å². The van der Waals surface area contributed by atoms with Gasteiger partial charge in [-0.15, -0.1) is 6.58 Å². The number of furan rings is 1. The van der Waals surface area contributed by atoms with E-state index in [1.54, 1.807) is 25.3 Å².